The molecule has 0 spiro atoms. The van der Waals surface area contributed by atoms with Crippen molar-refractivity contribution in [2.45, 2.75) is 32.1 Å². The zero-order chi connectivity index (χ0) is 10.7. The van der Waals surface area contributed by atoms with Crippen LogP contribution in [0.15, 0.2) is 9.32 Å². The van der Waals surface area contributed by atoms with Crippen LogP contribution in [0.2, 0.25) is 0 Å². The van der Waals surface area contributed by atoms with E-state index in [2.05, 4.69) is 14.7 Å². The fraction of sp³-hybridized carbons (Fsp3) is 0.800. The summed E-state index contributed by atoms with van der Waals surface area (Å²) in [6.07, 6.45) is 5.69. The summed E-state index contributed by atoms with van der Waals surface area (Å²) in [6.45, 7) is 0.729. The first-order chi connectivity index (χ1) is 7.29. The number of halogens is 1. The van der Waals surface area contributed by atoms with Crippen LogP contribution in [-0.4, -0.2) is 16.7 Å². The van der Waals surface area contributed by atoms with Crippen LogP contribution in [0.3, 0.4) is 0 Å². The predicted octanol–water partition coefficient (Wildman–Crippen LogP) is 1.09. The first-order valence-electron chi connectivity index (χ1n) is 5.54. The van der Waals surface area contributed by atoms with Crippen molar-refractivity contribution < 1.29 is 4.52 Å². The Morgan fingerprint density at radius 1 is 1.38 bits per heavy atom. The Labute approximate surface area is 100 Å². The third-order valence-electron chi connectivity index (χ3n) is 3.31. The van der Waals surface area contributed by atoms with Gasteiger partial charge in [0.1, 0.15) is 0 Å². The summed E-state index contributed by atoms with van der Waals surface area (Å²) < 4.78 is 4.48. The van der Waals surface area contributed by atoms with Gasteiger partial charge in [-0.3, -0.25) is 9.51 Å². The van der Waals surface area contributed by atoms with Crippen molar-refractivity contribution in [1.82, 2.24) is 10.1 Å². The van der Waals surface area contributed by atoms with E-state index in [1.165, 1.54) is 25.7 Å². The number of nitrogens with one attached hydrogen (secondary N) is 1. The first-order valence-corrected chi connectivity index (χ1v) is 5.54. The average molecular weight is 248 g/mol. The van der Waals surface area contributed by atoms with Crippen LogP contribution in [0.25, 0.3) is 0 Å². The zero-order valence-electron chi connectivity index (χ0n) is 9.15. The van der Waals surface area contributed by atoms with Crippen molar-refractivity contribution in [1.29, 1.82) is 0 Å². The molecular weight excluding hydrogens is 230 g/mol. The summed E-state index contributed by atoms with van der Waals surface area (Å²) in [5.41, 5.74) is 5.74. The molecule has 0 aliphatic heterocycles. The van der Waals surface area contributed by atoms with E-state index in [0.717, 1.165) is 13.0 Å². The van der Waals surface area contributed by atoms with Gasteiger partial charge in [0.25, 0.3) is 0 Å². The summed E-state index contributed by atoms with van der Waals surface area (Å²) >= 11 is 0. The largest absolute Gasteiger partial charge is 0.438 e. The minimum absolute atomic E-state index is 0. The van der Waals surface area contributed by atoms with E-state index in [4.69, 9.17) is 5.73 Å². The van der Waals surface area contributed by atoms with Crippen LogP contribution in [0.1, 0.15) is 31.5 Å². The molecule has 0 saturated heterocycles. The number of nitrogens with zero attached hydrogens (tertiary/aromatic N) is 1. The highest BCUT2D eigenvalue weighted by atomic mass is 35.5. The quantitative estimate of drug-likeness (QED) is 0.838. The molecule has 1 aromatic heterocycles. The smallest absolute Gasteiger partial charge is 0.330 e. The molecule has 92 valence electrons. The fourth-order valence-electron chi connectivity index (χ4n) is 2.46. The molecular formula is C10H18ClN3O2. The highest BCUT2D eigenvalue weighted by Crippen LogP contribution is 2.30. The maximum atomic E-state index is 10.8. The van der Waals surface area contributed by atoms with Crippen LogP contribution in [0.4, 0.5) is 0 Å². The maximum absolute atomic E-state index is 10.8. The monoisotopic (exact) mass is 247 g/mol. The number of hydrogen-bond acceptors (Lipinski definition) is 4. The van der Waals surface area contributed by atoms with Gasteiger partial charge < -0.3 is 5.73 Å². The zero-order valence-corrected chi connectivity index (χ0v) is 9.96. The molecule has 2 unspecified atom stereocenters. The van der Waals surface area contributed by atoms with E-state index in [1.807, 2.05) is 0 Å². The normalized spacial score (nSPS) is 25.1. The van der Waals surface area contributed by atoms with Gasteiger partial charge in [-0.05, 0) is 31.2 Å². The van der Waals surface area contributed by atoms with E-state index in [1.54, 1.807) is 0 Å². The summed E-state index contributed by atoms with van der Waals surface area (Å²) in [6, 6.07) is 0. The highest BCUT2D eigenvalue weighted by Gasteiger charge is 2.25. The third kappa shape index (κ3) is 3.09. The second-order valence-corrected chi connectivity index (χ2v) is 4.29. The second kappa shape index (κ2) is 6.06. The van der Waals surface area contributed by atoms with Crippen LogP contribution in [0.5, 0.6) is 0 Å². The third-order valence-corrected chi connectivity index (χ3v) is 3.31. The molecule has 6 heteroatoms. The molecule has 0 amide bonds. The van der Waals surface area contributed by atoms with Crippen molar-refractivity contribution in [3.63, 3.8) is 0 Å². The van der Waals surface area contributed by atoms with Crippen LogP contribution >= 0.6 is 12.4 Å². The van der Waals surface area contributed by atoms with E-state index in [0.29, 0.717) is 17.7 Å². The number of hydrogen-bond donors (Lipinski definition) is 2. The van der Waals surface area contributed by atoms with Gasteiger partial charge >= 0.3 is 5.76 Å². The lowest BCUT2D eigenvalue weighted by molar-refractivity contribution is 0.237. The average Bonchev–Trinajstić information content (AvgIpc) is 2.65. The van der Waals surface area contributed by atoms with Crippen molar-refractivity contribution >= 4 is 12.4 Å². The van der Waals surface area contributed by atoms with Crippen molar-refractivity contribution in [3.8, 4) is 0 Å². The standard InChI is InChI=1S/C10H17N3O2.ClH/c11-6-8-4-2-1-3-7(8)5-9-12-10(14)15-13-9;/h7-8H,1-6,11H2,(H,12,13,14);1H. The molecule has 2 rings (SSSR count). The SMILES string of the molecule is Cl.NCC1CCCCC1Cc1noc(=O)[nH]1. The summed E-state index contributed by atoms with van der Waals surface area (Å²) in [4.78, 5) is 13.4. The number of rotatable bonds is 3. The molecule has 1 heterocycles. The van der Waals surface area contributed by atoms with E-state index in [-0.39, 0.29) is 12.4 Å². The molecule has 2 atom stereocenters. The lowest BCUT2D eigenvalue weighted by Gasteiger charge is -2.29. The molecule has 1 fully saturated rings. The van der Waals surface area contributed by atoms with Crippen molar-refractivity contribution in [2.24, 2.45) is 17.6 Å². The molecule has 3 N–H and O–H groups in total. The Hall–Kier alpha value is -0.810. The Morgan fingerprint density at radius 3 is 2.62 bits per heavy atom. The maximum Gasteiger partial charge on any atom is 0.438 e. The number of nitrogens with two attached hydrogens (primary N) is 1. The lowest BCUT2D eigenvalue weighted by atomic mass is 9.77. The number of aromatic nitrogens is 2. The fourth-order valence-corrected chi connectivity index (χ4v) is 2.46. The van der Waals surface area contributed by atoms with E-state index >= 15 is 0 Å². The summed E-state index contributed by atoms with van der Waals surface area (Å²) in [5.74, 6) is 1.30. The van der Waals surface area contributed by atoms with Gasteiger partial charge in [0.05, 0.1) is 0 Å². The van der Waals surface area contributed by atoms with Crippen LogP contribution in [-0.2, 0) is 6.42 Å². The Morgan fingerprint density at radius 2 is 2.06 bits per heavy atom. The van der Waals surface area contributed by atoms with Gasteiger partial charge in [0, 0.05) is 6.42 Å². The van der Waals surface area contributed by atoms with Gasteiger partial charge in [-0.2, -0.15) is 0 Å². The number of aromatic amines is 1. The molecule has 1 aliphatic carbocycles. The Balaban J connectivity index is 0.00000128. The van der Waals surface area contributed by atoms with Crippen LogP contribution in [0, 0.1) is 11.8 Å². The lowest BCUT2D eigenvalue weighted by Crippen LogP contribution is -2.28. The molecule has 1 saturated carbocycles. The molecule has 16 heavy (non-hydrogen) atoms. The summed E-state index contributed by atoms with van der Waals surface area (Å²) in [7, 11) is 0. The Kier molecular flexibility index (Phi) is 5.02. The highest BCUT2D eigenvalue weighted by molar-refractivity contribution is 5.85. The van der Waals surface area contributed by atoms with Crippen molar-refractivity contribution in [3.05, 3.63) is 16.4 Å². The first kappa shape index (κ1) is 13.3. The molecule has 0 radical (unpaired) electrons. The molecule has 0 bridgehead atoms. The topological polar surface area (TPSA) is 84.9 Å². The minimum atomic E-state index is -0.467. The van der Waals surface area contributed by atoms with Crippen LogP contribution < -0.4 is 11.5 Å². The van der Waals surface area contributed by atoms with E-state index < -0.39 is 5.76 Å². The molecule has 1 aliphatic rings. The van der Waals surface area contributed by atoms with Crippen molar-refractivity contribution in [2.75, 3.05) is 6.54 Å². The van der Waals surface area contributed by atoms with Gasteiger partial charge in [0.2, 0.25) is 0 Å². The molecule has 0 aromatic carbocycles. The number of H-pyrrole nitrogens is 1. The van der Waals surface area contributed by atoms with Gasteiger partial charge in [-0.1, -0.05) is 18.0 Å². The Bertz CT molecular complexity index is 363. The van der Waals surface area contributed by atoms with Gasteiger partial charge in [0.15, 0.2) is 5.82 Å². The molecule has 5 nitrogen and oxygen atoms in total. The van der Waals surface area contributed by atoms with Gasteiger partial charge in [-0.25, -0.2) is 4.79 Å². The van der Waals surface area contributed by atoms with Gasteiger partial charge in [-0.15, -0.1) is 12.4 Å². The minimum Gasteiger partial charge on any atom is -0.330 e. The van der Waals surface area contributed by atoms with E-state index in [9.17, 15) is 4.79 Å². The molecule has 1 aromatic rings. The second-order valence-electron chi connectivity index (χ2n) is 4.29. The predicted molar refractivity (Wildman–Crippen MR) is 62.6 cm³/mol. The summed E-state index contributed by atoms with van der Waals surface area (Å²) in [5, 5.41) is 3.69.